The average Bonchev–Trinajstić information content (AvgIpc) is 3.01. The Labute approximate surface area is 176 Å². The first-order valence-corrected chi connectivity index (χ1v) is 10.3. The Kier molecular flexibility index (Phi) is 5.37. The second-order valence-electron chi connectivity index (χ2n) is 8.04. The standard InChI is InChI=1S/C23H28N4O3/c1-13-8-9-19(29-5)18(11-13)26-22(28)17-7-6-10-27(12-17)21-20-14(2)15(3)30-23(20)25-16(4)24-21/h8-9,11,17H,6-7,10,12H2,1-5H3,(H,26,28)/t17-/m1/s1. The fourth-order valence-corrected chi connectivity index (χ4v) is 4.10. The predicted molar refractivity (Wildman–Crippen MR) is 117 cm³/mol. The Morgan fingerprint density at radius 1 is 1.23 bits per heavy atom. The molecule has 0 aliphatic carbocycles. The van der Waals surface area contributed by atoms with Gasteiger partial charge in [-0.1, -0.05) is 6.07 Å². The third-order valence-electron chi connectivity index (χ3n) is 5.83. The number of hydrogen-bond donors (Lipinski definition) is 1. The number of aromatic nitrogens is 2. The van der Waals surface area contributed by atoms with Gasteiger partial charge in [-0.05, 0) is 58.2 Å². The van der Waals surface area contributed by atoms with E-state index in [9.17, 15) is 4.79 Å². The first kappa shape index (κ1) is 20.2. The molecule has 0 radical (unpaired) electrons. The van der Waals surface area contributed by atoms with Gasteiger partial charge in [0.2, 0.25) is 11.6 Å². The van der Waals surface area contributed by atoms with Gasteiger partial charge in [0, 0.05) is 18.7 Å². The molecule has 1 N–H and O–H groups in total. The van der Waals surface area contributed by atoms with Crippen LogP contribution in [0.4, 0.5) is 11.5 Å². The monoisotopic (exact) mass is 408 g/mol. The molecule has 1 fully saturated rings. The quantitative estimate of drug-likeness (QED) is 0.692. The molecule has 7 heteroatoms. The molecule has 1 aliphatic rings. The molecule has 0 unspecified atom stereocenters. The molecular formula is C23H28N4O3. The molecule has 1 saturated heterocycles. The number of hydrogen-bond acceptors (Lipinski definition) is 6. The van der Waals surface area contributed by atoms with E-state index in [0.29, 0.717) is 29.5 Å². The Morgan fingerprint density at radius 3 is 2.80 bits per heavy atom. The summed E-state index contributed by atoms with van der Waals surface area (Å²) in [7, 11) is 1.61. The second-order valence-corrected chi connectivity index (χ2v) is 8.04. The highest BCUT2D eigenvalue weighted by Gasteiger charge is 2.29. The minimum Gasteiger partial charge on any atom is -0.495 e. The van der Waals surface area contributed by atoms with Gasteiger partial charge in [-0.2, -0.15) is 4.98 Å². The summed E-state index contributed by atoms with van der Waals surface area (Å²) >= 11 is 0. The van der Waals surface area contributed by atoms with Gasteiger partial charge in [0.05, 0.1) is 24.1 Å². The van der Waals surface area contributed by atoms with Crippen LogP contribution in [0.3, 0.4) is 0 Å². The van der Waals surface area contributed by atoms with Crippen molar-refractivity contribution in [2.45, 2.75) is 40.5 Å². The van der Waals surface area contributed by atoms with Gasteiger partial charge in [-0.15, -0.1) is 0 Å². The number of methoxy groups -OCH3 is 1. The fourth-order valence-electron chi connectivity index (χ4n) is 4.10. The van der Waals surface area contributed by atoms with E-state index in [0.717, 1.165) is 47.5 Å². The summed E-state index contributed by atoms with van der Waals surface area (Å²) in [5, 5.41) is 4.01. The Bertz CT molecular complexity index is 1110. The first-order valence-electron chi connectivity index (χ1n) is 10.3. The summed E-state index contributed by atoms with van der Waals surface area (Å²) in [6, 6.07) is 5.78. The minimum atomic E-state index is -0.136. The molecule has 1 aromatic carbocycles. The first-order chi connectivity index (χ1) is 14.4. The number of piperidine rings is 1. The van der Waals surface area contributed by atoms with Crippen molar-refractivity contribution < 1.29 is 13.9 Å². The molecule has 30 heavy (non-hydrogen) atoms. The molecule has 3 aromatic rings. The molecule has 3 heterocycles. The van der Waals surface area contributed by atoms with Crippen molar-refractivity contribution in [1.29, 1.82) is 0 Å². The Balaban J connectivity index is 1.59. The van der Waals surface area contributed by atoms with E-state index >= 15 is 0 Å². The lowest BCUT2D eigenvalue weighted by Gasteiger charge is -2.33. The van der Waals surface area contributed by atoms with Crippen molar-refractivity contribution >= 4 is 28.5 Å². The highest BCUT2D eigenvalue weighted by atomic mass is 16.5. The number of furan rings is 1. The summed E-state index contributed by atoms with van der Waals surface area (Å²) in [6.45, 7) is 9.30. The van der Waals surface area contributed by atoms with Crippen LogP contribution in [0.1, 0.15) is 35.6 Å². The summed E-state index contributed by atoms with van der Waals surface area (Å²) in [5.41, 5.74) is 3.45. The number of rotatable bonds is 4. The molecule has 0 spiro atoms. The lowest BCUT2D eigenvalue weighted by atomic mass is 9.96. The third kappa shape index (κ3) is 3.72. The molecule has 0 saturated carbocycles. The molecule has 0 bridgehead atoms. The minimum absolute atomic E-state index is 0.00529. The van der Waals surface area contributed by atoms with Crippen LogP contribution in [0.2, 0.25) is 0 Å². The maximum absolute atomic E-state index is 13.1. The topological polar surface area (TPSA) is 80.5 Å². The van der Waals surface area contributed by atoms with Crippen molar-refractivity contribution in [3.8, 4) is 5.75 Å². The third-order valence-corrected chi connectivity index (χ3v) is 5.83. The zero-order valence-corrected chi connectivity index (χ0v) is 18.2. The lowest BCUT2D eigenvalue weighted by Crippen LogP contribution is -2.41. The molecule has 4 rings (SSSR count). The van der Waals surface area contributed by atoms with E-state index in [2.05, 4.69) is 15.2 Å². The molecule has 158 valence electrons. The van der Waals surface area contributed by atoms with Gasteiger partial charge in [0.25, 0.3) is 0 Å². The van der Waals surface area contributed by atoms with E-state index < -0.39 is 0 Å². The molecule has 7 nitrogen and oxygen atoms in total. The van der Waals surface area contributed by atoms with E-state index in [4.69, 9.17) is 14.1 Å². The largest absolute Gasteiger partial charge is 0.495 e. The fraction of sp³-hybridized carbons (Fsp3) is 0.435. The van der Waals surface area contributed by atoms with Gasteiger partial charge in [-0.25, -0.2) is 4.98 Å². The highest BCUT2D eigenvalue weighted by molar-refractivity contribution is 5.95. The van der Waals surface area contributed by atoms with Gasteiger partial charge >= 0.3 is 0 Å². The van der Waals surface area contributed by atoms with E-state index in [-0.39, 0.29) is 11.8 Å². The number of amides is 1. The van der Waals surface area contributed by atoms with Crippen LogP contribution >= 0.6 is 0 Å². The number of nitrogens with zero attached hydrogens (tertiary/aromatic N) is 3. The van der Waals surface area contributed by atoms with E-state index in [1.807, 2.05) is 45.9 Å². The summed E-state index contributed by atoms with van der Waals surface area (Å²) < 4.78 is 11.2. The predicted octanol–water partition coefficient (Wildman–Crippen LogP) is 4.32. The van der Waals surface area contributed by atoms with Crippen LogP contribution in [0, 0.1) is 33.6 Å². The number of nitrogens with one attached hydrogen (secondary N) is 1. The molecule has 1 amide bonds. The molecule has 1 aliphatic heterocycles. The molecule has 1 atom stereocenters. The van der Waals surface area contributed by atoms with Crippen LogP contribution in [0.5, 0.6) is 5.75 Å². The van der Waals surface area contributed by atoms with E-state index in [1.165, 1.54) is 0 Å². The maximum atomic E-state index is 13.1. The van der Waals surface area contributed by atoms with Crippen molar-refractivity contribution in [3.05, 3.63) is 40.9 Å². The number of ether oxygens (including phenoxy) is 1. The van der Waals surface area contributed by atoms with Crippen molar-refractivity contribution in [2.24, 2.45) is 5.92 Å². The number of benzene rings is 1. The van der Waals surface area contributed by atoms with Crippen LogP contribution < -0.4 is 15.0 Å². The van der Waals surface area contributed by atoms with Crippen molar-refractivity contribution in [2.75, 3.05) is 30.4 Å². The van der Waals surface area contributed by atoms with Crippen LogP contribution in [-0.4, -0.2) is 36.1 Å². The summed E-state index contributed by atoms with van der Waals surface area (Å²) in [6.07, 6.45) is 1.76. The number of aryl methyl sites for hydroxylation is 4. The zero-order valence-electron chi connectivity index (χ0n) is 18.2. The van der Waals surface area contributed by atoms with Gasteiger partial charge in [-0.3, -0.25) is 4.79 Å². The highest BCUT2D eigenvalue weighted by Crippen LogP contribution is 2.34. The summed E-state index contributed by atoms with van der Waals surface area (Å²) in [4.78, 5) is 24.4. The van der Waals surface area contributed by atoms with Crippen LogP contribution in [0.25, 0.3) is 11.1 Å². The number of carbonyl (C=O) groups excluding carboxylic acids is 1. The van der Waals surface area contributed by atoms with Crippen LogP contribution in [-0.2, 0) is 4.79 Å². The average molecular weight is 409 g/mol. The van der Waals surface area contributed by atoms with Crippen molar-refractivity contribution in [3.63, 3.8) is 0 Å². The smallest absolute Gasteiger partial charge is 0.231 e. The number of carbonyl (C=O) groups is 1. The Morgan fingerprint density at radius 2 is 2.03 bits per heavy atom. The molecular weight excluding hydrogens is 380 g/mol. The zero-order chi connectivity index (χ0) is 21.4. The Hall–Kier alpha value is -3.09. The molecule has 2 aromatic heterocycles. The lowest BCUT2D eigenvalue weighted by molar-refractivity contribution is -0.120. The SMILES string of the molecule is COc1ccc(C)cc1NC(=O)[C@@H]1CCCN(c2nc(C)nc3oc(C)c(C)c23)C1. The maximum Gasteiger partial charge on any atom is 0.231 e. The second kappa shape index (κ2) is 7.97. The van der Waals surface area contributed by atoms with Gasteiger partial charge in [0.1, 0.15) is 23.2 Å². The number of fused-ring (bicyclic) bond motifs is 1. The summed E-state index contributed by atoms with van der Waals surface area (Å²) in [5.74, 6) is 2.91. The van der Waals surface area contributed by atoms with Gasteiger partial charge < -0.3 is 19.4 Å². The van der Waals surface area contributed by atoms with Crippen LogP contribution in [0.15, 0.2) is 22.6 Å². The normalized spacial score (nSPS) is 16.7. The number of anilines is 2. The van der Waals surface area contributed by atoms with E-state index in [1.54, 1.807) is 7.11 Å². The van der Waals surface area contributed by atoms with Crippen molar-refractivity contribution in [1.82, 2.24) is 9.97 Å². The van der Waals surface area contributed by atoms with Gasteiger partial charge in [0.15, 0.2) is 0 Å².